The zero-order valence-corrected chi connectivity index (χ0v) is 5.85. The van der Waals surface area contributed by atoms with Crippen molar-refractivity contribution in [3.63, 3.8) is 0 Å². The third-order valence-electron chi connectivity index (χ3n) is 0.179. The van der Waals surface area contributed by atoms with Crippen LogP contribution in [0.1, 0.15) is 0 Å². The smallest absolute Gasteiger partial charge is 0.511 e. The Morgan fingerprint density at radius 2 is 1.90 bits per heavy atom. The summed E-state index contributed by atoms with van der Waals surface area (Å²) in [5, 5.41) is 7.64. The molecule has 56 valence electrons. The molecule has 0 amide bonds. The summed E-state index contributed by atoms with van der Waals surface area (Å²) in [7, 11) is -3.13. The second-order valence-corrected chi connectivity index (χ2v) is 1.48. The maximum Gasteiger partial charge on any atom is 0.761 e. The molecule has 0 aliphatic rings. The number of hydrogen-bond donors (Lipinski definition) is 4. The Balaban J connectivity index is 0. The number of nitrogens with zero attached hydrogens (tertiary/aromatic N) is 2. The minimum atomic E-state index is -3.13. The molecule has 0 spiro atoms. The van der Waals surface area contributed by atoms with E-state index < -0.39 is 9.17 Å². The van der Waals surface area contributed by atoms with Gasteiger partial charge in [0.05, 0.1) is 0 Å². The molecule has 0 saturated heterocycles. The summed E-state index contributed by atoms with van der Waals surface area (Å²) in [6.45, 7) is 0. The Morgan fingerprint density at radius 1 is 1.60 bits per heavy atom. The number of nitriles is 1. The first kappa shape index (κ1) is 11.2. The van der Waals surface area contributed by atoms with Gasteiger partial charge in [-0.05, 0) is 0 Å². The number of guanidine groups is 1. The van der Waals surface area contributed by atoms with Gasteiger partial charge in [-0.25, -0.2) is 0 Å². The molecular formula is C2H6N4O3Si. The quantitative estimate of drug-likeness (QED) is 0.130. The molecule has 0 heterocycles. The molecule has 0 aliphatic heterocycles. The molecule has 0 rings (SSSR count). The van der Waals surface area contributed by atoms with E-state index in [0.29, 0.717) is 0 Å². The van der Waals surface area contributed by atoms with Crippen molar-refractivity contribution in [1.29, 1.82) is 5.26 Å². The van der Waals surface area contributed by atoms with E-state index in [-0.39, 0.29) is 5.96 Å². The van der Waals surface area contributed by atoms with Gasteiger partial charge < -0.3 is 21.1 Å². The van der Waals surface area contributed by atoms with E-state index in [4.69, 9.17) is 30.8 Å². The fourth-order valence-electron chi connectivity index (χ4n) is 0.0577. The highest BCUT2D eigenvalue weighted by atomic mass is 28.3. The van der Waals surface area contributed by atoms with Crippen molar-refractivity contribution in [2.24, 2.45) is 16.5 Å². The lowest BCUT2D eigenvalue weighted by Crippen LogP contribution is -2.21. The lowest BCUT2D eigenvalue weighted by Gasteiger charge is -1.74. The molecule has 0 aliphatic carbocycles. The predicted octanol–water partition coefficient (Wildman–Crippen LogP) is -2.87. The van der Waals surface area contributed by atoms with Crippen LogP contribution < -0.4 is 11.5 Å². The van der Waals surface area contributed by atoms with Crippen molar-refractivity contribution in [1.82, 2.24) is 0 Å². The molecule has 0 bridgehead atoms. The first-order chi connectivity index (χ1) is 4.50. The number of hydrogen-bond acceptors (Lipinski definition) is 3. The number of rotatable bonds is 0. The van der Waals surface area contributed by atoms with E-state index in [1.54, 1.807) is 0 Å². The van der Waals surface area contributed by atoms with Gasteiger partial charge in [0.1, 0.15) is 0 Å². The van der Waals surface area contributed by atoms with Gasteiger partial charge in [-0.3, -0.25) is 4.46 Å². The summed E-state index contributed by atoms with van der Waals surface area (Å²) in [4.78, 5) is 17.2. The zero-order chi connectivity index (χ0) is 8.57. The topological polar surface area (TPSA) is 146 Å². The Bertz CT molecular complexity index is 164. The molecule has 0 radical (unpaired) electrons. The Kier molecular flexibility index (Phi) is 8.27. The summed E-state index contributed by atoms with van der Waals surface area (Å²) in [5.74, 6) is -0.197. The highest BCUT2D eigenvalue weighted by molar-refractivity contribution is 6.22. The molecule has 0 unspecified atom stereocenters. The van der Waals surface area contributed by atoms with Crippen LogP contribution in [0.3, 0.4) is 0 Å². The van der Waals surface area contributed by atoms with Crippen molar-refractivity contribution in [2.75, 3.05) is 0 Å². The fourth-order valence-corrected chi connectivity index (χ4v) is 0.0577. The SMILES string of the molecule is N#CN=C(N)N.O=[Si](O)O. The van der Waals surface area contributed by atoms with Gasteiger partial charge in [-0.15, -0.1) is 4.99 Å². The standard InChI is InChI=1S/C2H4N4.H2O3Si/c3-1-6-2(4)5;1-4(2)3/h(H4,4,5,6);1-2H. The molecule has 0 atom stereocenters. The highest BCUT2D eigenvalue weighted by Crippen LogP contribution is 1.49. The first-order valence-electron chi connectivity index (χ1n) is 1.90. The van der Waals surface area contributed by atoms with Crippen LogP contribution in [-0.2, 0) is 4.46 Å². The van der Waals surface area contributed by atoms with Crippen molar-refractivity contribution in [3.8, 4) is 6.19 Å². The van der Waals surface area contributed by atoms with Gasteiger partial charge in [0.15, 0.2) is 0 Å². The molecule has 0 aromatic carbocycles. The zero-order valence-electron chi connectivity index (χ0n) is 4.85. The van der Waals surface area contributed by atoms with Crippen molar-refractivity contribution in [2.45, 2.75) is 0 Å². The van der Waals surface area contributed by atoms with Crippen LogP contribution >= 0.6 is 0 Å². The molecule has 0 fully saturated rings. The van der Waals surface area contributed by atoms with E-state index in [2.05, 4.69) is 4.99 Å². The molecule has 10 heavy (non-hydrogen) atoms. The summed E-state index contributed by atoms with van der Waals surface area (Å²) >= 11 is 0. The average Bonchev–Trinajstić information content (AvgIpc) is 1.62. The van der Waals surface area contributed by atoms with Crippen LogP contribution in [0.4, 0.5) is 0 Å². The molecule has 0 aromatic heterocycles. The third kappa shape index (κ3) is 97.2. The highest BCUT2D eigenvalue weighted by Gasteiger charge is 1.85. The van der Waals surface area contributed by atoms with Crippen molar-refractivity contribution >= 4 is 15.1 Å². The lowest BCUT2D eigenvalue weighted by molar-refractivity contribution is 0.330. The van der Waals surface area contributed by atoms with Crippen LogP contribution in [0.2, 0.25) is 0 Å². The second kappa shape index (κ2) is 7.38. The lowest BCUT2D eigenvalue weighted by atomic mass is 11.1. The maximum atomic E-state index is 8.74. The molecular weight excluding hydrogens is 156 g/mol. The van der Waals surface area contributed by atoms with Crippen LogP contribution in [0.15, 0.2) is 4.99 Å². The normalized spacial score (nSPS) is 5.90. The molecule has 6 N–H and O–H groups in total. The maximum absolute atomic E-state index is 8.74. The molecule has 7 nitrogen and oxygen atoms in total. The molecule has 8 heteroatoms. The number of nitrogens with two attached hydrogens (primary N) is 2. The van der Waals surface area contributed by atoms with E-state index in [1.165, 1.54) is 6.19 Å². The van der Waals surface area contributed by atoms with E-state index in [9.17, 15) is 0 Å². The monoisotopic (exact) mass is 162 g/mol. The van der Waals surface area contributed by atoms with Gasteiger partial charge in [-0.2, -0.15) is 5.26 Å². The minimum Gasteiger partial charge on any atom is -0.511 e. The summed E-state index contributed by atoms with van der Waals surface area (Å²) < 4.78 is 8.74. The Hall–Kier alpha value is -1.62. The van der Waals surface area contributed by atoms with E-state index in [0.717, 1.165) is 0 Å². The molecule has 0 saturated carbocycles. The van der Waals surface area contributed by atoms with Crippen LogP contribution in [0.5, 0.6) is 0 Å². The van der Waals surface area contributed by atoms with Gasteiger partial charge in [0.2, 0.25) is 12.2 Å². The van der Waals surface area contributed by atoms with Crippen molar-refractivity contribution in [3.05, 3.63) is 0 Å². The number of aliphatic imine (C=N–C) groups is 1. The van der Waals surface area contributed by atoms with E-state index in [1.807, 2.05) is 0 Å². The Morgan fingerprint density at radius 3 is 1.90 bits per heavy atom. The third-order valence-corrected chi connectivity index (χ3v) is 0.179. The van der Waals surface area contributed by atoms with E-state index >= 15 is 0 Å². The largest absolute Gasteiger partial charge is 0.761 e. The summed E-state index contributed by atoms with van der Waals surface area (Å²) in [5.41, 5.74) is 9.42. The van der Waals surface area contributed by atoms with Crippen LogP contribution in [0.25, 0.3) is 0 Å². The van der Waals surface area contributed by atoms with Gasteiger partial charge >= 0.3 is 9.17 Å². The summed E-state index contributed by atoms with van der Waals surface area (Å²) in [6, 6.07) is 0. The van der Waals surface area contributed by atoms with Crippen LogP contribution in [-0.4, -0.2) is 24.7 Å². The fraction of sp³-hybridized carbons (Fsp3) is 0. The second-order valence-electron chi connectivity index (χ2n) is 0.919. The van der Waals surface area contributed by atoms with Gasteiger partial charge in [0, 0.05) is 0 Å². The molecule has 0 aromatic rings. The Labute approximate surface area is 58.1 Å². The van der Waals surface area contributed by atoms with Crippen molar-refractivity contribution < 1.29 is 14.1 Å². The van der Waals surface area contributed by atoms with Crippen LogP contribution in [0, 0.1) is 11.5 Å². The predicted molar refractivity (Wildman–Crippen MR) is 32.3 cm³/mol. The first-order valence-corrected chi connectivity index (χ1v) is 3.20. The summed E-state index contributed by atoms with van der Waals surface area (Å²) in [6.07, 6.45) is 1.41. The minimum absolute atomic E-state index is 0.197. The average molecular weight is 162 g/mol. The van der Waals surface area contributed by atoms with Gasteiger partial charge in [0.25, 0.3) is 0 Å². The van der Waals surface area contributed by atoms with Gasteiger partial charge in [-0.1, -0.05) is 0 Å².